The van der Waals surface area contributed by atoms with Crippen molar-refractivity contribution in [3.05, 3.63) is 15.6 Å². The SMILES string of the molecule is CCCc1nc(CCN2CCCCCC2)sc1C(C)=O. The van der Waals surface area contributed by atoms with Gasteiger partial charge in [-0.05, 0) is 32.4 Å². The quantitative estimate of drug-likeness (QED) is 0.750. The van der Waals surface area contributed by atoms with Crippen LogP contribution in [0.5, 0.6) is 0 Å². The number of likely N-dealkylation sites (tertiary alicyclic amines) is 1. The van der Waals surface area contributed by atoms with Gasteiger partial charge in [-0.15, -0.1) is 11.3 Å². The molecule has 1 fully saturated rings. The Morgan fingerprint density at radius 1 is 1.20 bits per heavy atom. The normalized spacial score (nSPS) is 17.1. The molecule has 1 aliphatic rings. The first-order chi connectivity index (χ1) is 9.70. The van der Waals surface area contributed by atoms with Crippen molar-refractivity contribution in [2.45, 2.75) is 58.8 Å². The lowest BCUT2D eigenvalue weighted by molar-refractivity contribution is 0.102. The average Bonchev–Trinajstić information content (AvgIpc) is 2.66. The Morgan fingerprint density at radius 3 is 2.50 bits per heavy atom. The molecule has 0 bridgehead atoms. The van der Waals surface area contributed by atoms with E-state index in [4.69, 9.17) is 4.98 Å². The Kier molecular flexibility index (Phi) is 6.17. The van der Waals surface area contributed by atoms with Crippen LogP contribution in [-0.4, -0.2) is 35.3 Å². The summed E-state index contributed by atoms with van der Waals surface area (Å²) < 4.78 is 0. The molecule has 1 aliphatic heterocycles. The Balaban J connectivity index is 1.94. The number of hydrogen-bond acceptors (Lipinski definition) is 4. The lowest BCUT2D eigenvalue weighted by Gasteiger charge is -2.18. The molecular weight excluding hydrogens is 268 g/mol. The first kappa shape index (κ1) is 15.6. The molecule has 112 valence electrons. The number of hydrogen-bond donors (Lipinski definition) is 0. The third-order valence-corrected chi connectivity index (χ3v) is 5.15. The Labute approximate surface area is 126 Å². The van der Waals surface area contributed by atoms with Gasteiger partial charge in [-0.1, -0.05) is 26.2 Å². The van der Waals surface area contributed by atoms with Gasteiger partial charge >= 0.3 is 0 Å². The molecule has 1 aromatic heterocycles. The third-order valence-electron chi connectivity index (χ3n) is 3.89. The van der Waals surface area contributed by atoms with Gasteiger partial charge in [0.25, 0.3) is 0 Å². The van der Waals surface area contributed by atoms with Gasteiger partial charge in [0.15, 0.2) is 5.78 Å². The second-order valence-electron chi connectivity index (χ2n) is 5.70. The molecule has 0 spiro atoms. The van der Waals surface area contributed by atoms with E-state index in [2.05, 4.69) is 11.8 Å². The number of Topliss-reactive ketones (excluding diaryl/α,β-unsaturated/α-hetero) is 1. The number of nitrogens with zero attached hydrogens (tertiary/aromatic N) is 2. The molecule has 2 rings (SSSR count). The van der Waals surface area contributed by atoms with E-state index in [0.29, 0.717) is 0 Å². The maximum atomic E-state index is 11.7. The molecule has 3 nitrogen and oxygen atoms in total. The molecule has 1 aromatic rings. The zero-order valence-electron chi connectivity index (χ0n) is 12.8. The predicted octanol–water partition coefficient (Wildman–Crippen LogP) is 3.72. The van der Waals surface area contributed by atoms with Crippen molar-refractivity contribution in [3.8, 4) is 0 Å². The summed E-state index contributed by atoms with van der Waals surface area (Å²) in [7, 11) is 0. The van der Waals surface area contributed by atoms with E-state index in [1.807, 2.05) is 0 Å². The summed E-state index contributed by atoms with van der Waals surface area (Å²) >= 11 is 1.61. The fourth-order valence-corrected chi connectivity index (χ4v) is 3.80. The van der Waals surface area contributed by atoms with E-state index < -0.39 is 0 Å². The summed E-state index contributed by atoms with van der Waals surface area (Å²) in [5.41, 5.74) is 1.02. The Morgan fingerprint density at radius 2 is 1.90 bits per heavy atom. The van der Waals surface area contributed by atoms with E-state index in [-0.39, 0.29) is 5.78 Å². The summed E-state index contributed by atoms with van der Waals surface area (Å²) in [5, 5.41) is 1.14. The molecule has 0 aliphatic carbocycles. The maximum Gasteiger partial charge on any atom is 0.171 e. The highest BCUT2D eigenvalue weighted by Gasteiger charge is 2.15. The molecule has 20 heavy (non-hydrogen) atoms. The van der Waals surface area contributed by atoms with Gasteiger partial charge < -0.3 is 4.90 Å². The van der Waals surface area contributed by atoms with Crippen LogP contribution in [0.25, 0.3) is 0 Å². The van der Waals surface area contributed by atoms with Crippen molar-refractivity contribution in [2.75, 3.05) is 19.6 Å². The highest BCUT2D eigenvalue weighted by molar-refractivity contribution is 7.13. The molecule has 2 heterocycles. The van der Waals surface area contributed by atoms with Crippen molar-refractivity contribution in [1.29, 1.82) is 0 Å². The van der Waals surface area contributed by atoms with Gasteiger partial charge in [0.2, 0.25) is 0 Å². The summed E-state index contributed by atoms with van der Waals surface area (Å²) in [5.74, 6) is 0.173. The minimum atomic E-state index is 0.173. The highest BCUT2D eigenvalue weighted by atomic mass is 32.1. The Bertz CT molecular complexity index is 434. The van der Waals surface area contributed by atoms with E-state index >= 15 is 0 Å². The fraction of sp³-hybridized carbons (Fsp3) is 0.750. The average molecular weight is 294 g/mol. The zero-order valence-corrected chi connectivity index (χ0v) is 13.6. The van der Waals surface area contributed by atoms with Gasteiger partial charge in [0.05, 0.1) is 15.6 Å². The summed E-state index contributed by atoms with van der Waals surface area (Å²) in [4.78, 5) is 19.8. The van der Waals surface area contributed by atoms with Crippen LogP contribution in [0.4, 0.5) is 0 Å². The van der Waals surface area contributed by atoms with Gasteiger partial charge in [0.1, 0.15) is 0 Å². The highest BCUT2D eigenvalue weighted by Crippen LogP contribution is 2.21. The largest absolute Gasteiger partial charge is 0.303 e. The van der Waals surface area contributed by atoms with E-state index in [1.54, 1.807) is 18.3 Å². The van der Waals surface area contributed by atoms with Crippen molar-refractivity contribution >= 4 is 17.1 Å². The minimum absolute atomic E-state index is 0.173. The molecule has 0 N–H and O–H groups in total. The molecule has 0 atom stereocenters. The topological polar surface area (TPSA) is 33.2 Å². The second-order valence-corrected chi connectivity index (χ2v) is 6.78. The first-order valence-corrected chi connectivity index (χ1v) is 8.74. The van der Waals surface area contributed by atoms with E-state index in [0.717, 1.165) is 41.4 Å². The number of thiazole rings is 1. The van der Waals surface area contributed by atoms with Crippen LogP contribution in [0, 0.1) is 0 Å². The molecule has 0 unspecified atom stereocenters. The molecule has 0 aromatic carbocycles. The second kappa shape index (κ2) is 7.89. The van der Waals surface area contributed by atoms with Crippen LogP contribution in [0.2, 0.25) is 0 Å². The first-order valence-electron chi connectivity index (χ1n) is 7.92. The summed E-state index contributed by atoms with van der Waals surface area (Å²) in [6.07, 6.45) is 8.39. The van der Waals surface area contributed by atoms with Gasteiger partial charge in [0, 0.05) is 19.9 Å². The molecule has 0 amide bonds. The summed E-state index contributed by atoms with van der Waals surface area (Å²) in [6, 6.07) is 0. The predicted molar refractivity (Wildman–Crippen MR) is 84.7 cm³/mol. The van der Waals surface area contributed by atoms with Crippen LogP contribution < -0.4 is 0 Å². The lowest BCUT2D eigenvalue weighted by atomic mass is 10.2. The van der Waals surface area contributed by atoms with Crippen LogP contribution >= 0.6 is 11.3 Å². The van der Waals surface area contributed by atoms with Gasteiger partial charge in [-0.25, -0.2) is 4.98 Å². The number of aryl methyl sites for hydroxylation is 1. The van der Waals surface area contributed by atoms with Crippen LogP contribution in [-0.2, 0) is 12.8 Å². The van der Waals surface area contributed by atoms with Crippen molar-refractivity contribution in [3.63, 3.8) is 0 Å². The molecule has 4 heteroatoms. The van der Waals surface area contributed by atoms with Crippen LogP contribution in [0.3, 0.4) is 0 Å². The number of ketones is 1. The number of carbonyl (C=O) groups is 1. The van der Waals surface area contributed by atoms with Crippen LogP contribution in [0.15, 0.2) is 0 Å². The monoisotopic (exact) mass is 294 g/mol. The lowest BCUT2D eigenvalue weighted by Crippen LogP contribution is -2.26. The van der Waals surface area contributed by atoms with Crippen LogP contribution in [0.1, 0.15) is 66.3 Å². The maximum absolute atomic E-state index is 11.7. The third kappa shape index (κ3) is 4.38. The Hall–Kier alpha value is -0.740. The molecule has 1 saturated heterocycles. The van der Waals surface area contributed by atoms with E-state index in [9.17, 15) is 4.79 Å². The van der Waals surface area contributed by atoms with Crippen molar-refractivity contribution in [1.82, 2.24) is 9.88 Å². The summed E-state index contributed by atoms with van der Waals surface area (Å²) in [6.45, 7) is 7.35. The van der Waals surface area contributed by atoms with Gasteiger partial charge in [-0.3, -0.25) is 4.79 Å². The molecular formula is C16H26N2OS. The fourth-order valence-electron chi connectivity index (χ4n) is 2.80. The number of carbonyl (C=O) groups excluding carboxylic acids is 1. The number of aromatic nitrogens is 1. The van der Waals surface area contributed by atoms with Crippen molar-refractivity contribution < 1.29 is 4.79 Å². The van der Waals surface area contributed by atoms with E-state index in [1.165, 1.54) is 38.8 Å². The molecule has 0 radical (unpaired) electrons. The number of rotatable bonds is 6. The molecule has 0 saturated carbocycles. The van der Waals surface area contributed by atoms with Crippen molar-refractivity contribution in [2.24, 2.45) is 0 Å². The van der Waals surface area contributed by atoms with Gasteiger partial charge in [-0.2, -0.15) is 0 Å². The standard InChI is InChI=1S/C16H26N2OS/c1-3-8-14-16(13(2)19)20-15(17-14)9-12-18-10-6-4-5-7-11-18/h3-12H2,1-2H3. The zero-order chi connectivity index (χ0) is 14.4. The smallest absolute Gasteiger partial charge is 0.171 e. The minimum Gasteiger partial charge on any atom is -0.303 e.